The molecule has 41 heavy (non-hydrogen) atoms. The van der Waals surface area contributed by atoms with E-state index < -0.39 is 28.5 Å². The van der Waals surface area contributed by atoms with E-state index >= 15 is 0 Å². The second kappa shape index (κ2) is 14.5. The number of carbonyl (C=O) groups excluding carboxylic acids is 2. The molecule has 0 heterocycles. The number of nitrogens with zero attached hydrogens (tertiary/aromatic N) is 2. The summed E-state index contributed by atoms with van der Waals surface area (Å²) in [5.41, 5.74) is 1.88. The molecule has 220 valence electrons. The zero-order chi connectivity index (χ0) is 30.0. The number of ether oxygens (including phenoxy) is 2. The molecular weight excluding hydrogens is 542 g/mol. The number of nitrogens with one attached hydrogen (secondary N) is 1. The van der Waals surface area contributed by atoms with Crippen LogP contribution in [0.4, 0.5) is 5.69 Å². The van der Waals surface area contributed by atoms with Crippen molar-refractivity contribution in [3.05, 3.63) is 83.9 Å². The highest BCUT2D eigenvalue weighted by molar-refractivity contribution is 7.92. The minimum absolute atomic E-state index is 0.0360. The van der Waals surface area contributed by atoms with Crippen molar-refractivity contribution in [1.29, 1.82) is 0 Å². The lowest BCUT2D eigenvalue weighted by molar-refractivity contribution is -0.139. The maximum Gasteiger partial charge on any atom is 0.264 e. The van der Waals surface area contributed by atoms with Crippen molar-refractivity contribution in [2.24, 2.45) is 0 Å². The number of para-hydroxylation sites is 2. The summed E-state index contributed by atoms with van der Waals surface area (Å²) < 4.78 is 39.7. The summed E-state index contributed by atoms with van der Waals surface area (Å²) in [6.45, 7) is 5.57. The van der Waals surface area contributed by atoms with Crippen LogP contribution in [-0.4, -0.2) is 58.5 Å². The van der Waals surface area contributed by atoms with E-state index in [0.717, 1.165) is 28.3 Å². The molecule has 0 aromatic heterocycles. The van der Waals surface area contributed by atoms with E-state index in [2.05, 4.69) is 5.32 Å². The van der Waals surface area contributed by atoms with Gasteiger partial charge in [0, 0.05) is 13.1 Å². The topological polar surface area (TPSA) is 105 Å². The molecule has 1 unspecified atom stereocenters. The Balaban J connectivity index is 2.03. The molecule has 0 saturated heterocycles. The van der Waals surface area contributed by atoms with Crippen LogP contribution in [0.2, 0.25) is 0 Å². The zero-order valence-corrected chi connectivity index (χ0v) is 25.1. The Labute approximate surface area is 243 Å². The predicted molar refractivity (Wildman–Crippen MR) is 160 cm³/mol. The fourth-order valence-corrected chi connectivity index (χ4v) is 5.66. The Morgan fingerprint density at radius 1 is 0.927 bits per heavy atom. The van der Waals surface area contributed by atoms with Gasteiger partial charge in [-0.15, -0.1) is 0 Å². The van der Waals surface area contributed by atoms with E-state index in [1.54, 1.807) is 62.6 Å². The van der Waals surface area contributed by atoms with Gasteiger partial charge < -0.3 is 19.7 Å². The van der Waals surface area contributed by atoms with Gasteiger partial charge in [0.2, 0.25) is 11.8 Å². The van der Waals surface area contributed by atoms with E-state index in [1.807, 2.05) is 26.0 Å². The molecule has 1 N–H and O–H groups in total. The largest absolute Gasteiger partial charge is 0.497 e. The van der Waals surface area contributed by atoms with Gasteiger partial charge >= 0.3 is 0 Å². The van der Waals surface area contributed by atoms with Crippen LogP contribution < -0.4 is 19.1 Å². The van der Waals surface area contributed by atoms with E-state index in [-0.39, 0.29) is 23.0 Å². The summed E-state index contributed by atoms with van der Waals surface area (Å²) in [6, 6.07) is 19.3. The first-order chi connectivity index (χ1) is 19.6. The number of unbranched alkanes of at least 4 members (excludes halogenated alkanes) is 1. The van der Waals surface area contributed by atoms with Crippen LogP contribution in [0.1, 0.15) is 37.8 Å². The number of carbonyl (C=O) groups is 2. The molecule has 3 aromatic rings. The number of aryl methyl sites for hydroxylation is 1. The monoisotopic (exact) mass is 581 g/mol. The summed E-state index contributed by atoms with van der Waals surface area (Å²) in [6.07, 6.45) is 1.72. The minimum Gasteiger partial charge on any atom is -0.497 e. The number of hydrogen-bond donors (Lipinski definition) is 1. The molecule has 0 bridgehead atoms. The number of anilines is 1. The number of sulfonamides is 1. The standard InChI is InChI=1S/C31H39N3O6S/c1-6-7-20-32-31(36)24(3)33(21-25-14-16-26(39-4)17-15-25)30(35)22-34(28-10-8-9-11-29(28)40-5)41(37,38)27-18-12-23(2)13-19-27/h8-19,24H,6-7,20-22H2,1-5H3,(H,32,36). The average molecular weight is 582 g/mol. The Hall–Kier alpha value is -4.05. The summed E-state index contributed by atoms with van der Waals surface area (Å²) >= 11 is 0. The number of hydrogen-bond acceptors (Lipinski definition) is 6. The number of benzene rings is 3. The smallest absolute Gasteiger partial charge is 0.264 e. The van der Waals surface area contributed by atoms with E-state index in [1.165, 1.54) is 24.1 Å². The Bertz CT molecular complexity index is 1410. The second-order valence-electron chi connectivity index (χ2n) is 9.69. The third kappa shape index (κ3) is 8.00. The Kier molecular flexibility index (Phi) is 11.2. The van der Waals surface area contributed by atoms with E-state index in [0.29, 0.717) is 18.0 Å². The lowest BCUT2D eigenvalue weighted by Gasteiger charge is -2.32. The van der Waals surface area contributed by atoms with Crippen molar-refractivity contribution in [1.82, 2.24) is 10.2 Å². The minimum atomic E-state index is -4.19. The Morgan fingerprint density at radius 2 is 1.59 bits per heavy atom. The highest BCUT2D eigenvalue weighted by Crippen LogP contribution is 2.32. The molecule has 0 fully saturated rings. The molecule has 9 nitrogen and oxygen atoms in total. The average Bonchev–Trinajstić information content (AvgIpc) is 2.98. The van der Waals surface area contributed by atoms with Crippen LogP contribution >= 0.6 is 0 Å². The number of amides is 2. The van der Waals surface area contributed by atoms with Crippen LogP contribution in [0.25, 0.3) is 0 Å². The quantitative estimate of drug-likeness (QED) is 0.280. The first-order valence-corrected chi connectivity index (χ1v) is 15.0. The fourth-order valence-electron chi connectivity index (χ4n) is 4.23. The van der Waals surface area contributed by atoms with Gasteiger partial charge in [-0.2, -0.15) is 0 Å². The van der Waals surface area contributed by atoms with Gasteiger partial charge in [-0.1, -0.05) is 55.3 Å². The van der Waals surface area contributed by atoms with Crippen molar-refractivity contribution in [2.45, 2.75) is 51.1 Å². The predicted octanol–water partition coefficient (Wildman–Crippen LogP) is 4.54. The lowest BCUT2D eigenvalue weighted by Crippen LogP contribution is -2.51. The normalized spacial score (nSPS) is 11.8. The highest BCUT2D eigenvalue weighted by Gasteiger charge is 2.33. The molecule has 2 amide bonds. The van der Waals surface area contributed by atoms with Crippen LogP contribution in [0.5, 0.6) is 11.5 Å². The van der Waals surface area contributed by atoms with Gasteiger partial charge in [0.1, 0.15) is 24.1 Å². The van der Waals surface area contributed by atoms with Gasteiger partial charge in [0.05, 0.1) is 24.8 Å². The van der Waals surface area contributed by atoms with Crippen LogP contribution in [0, 0.1) is 6.92 Å². The third-order valence-corrected chi connectivity index (χ3v) is 8.52. The van der Waals surface area contributed by atoms with Crippen molar-refractivity contribution in [3.8, 4) is 11.5 Å². The molecule has 0 aliphatic carbocycles. The highest BCUT2D eigenvalue weighted by atomic mass is 32.2. The Morgan fingerprint density at radius 3 is 2.20 bits per heavy atom. The van der Waals surface area contributed by atoms with E-state index in [9.17, 15) is 18.0 Å². The molecule has 3 aromatic carbocycles. The SMILES string of the molecule is CCCCNC(=O)C(C)N(Cc1ccc(OC)cc1)C(=O)CN(c1ccccc1OC)S(=O)(=O)c1ccc(C)cc1. The molecule has 0 spiro atoms. The third-order valence-electron chi connectivity index (χ3n) is 6.75. The van der Waals surface area contributed by atoms with Crippen LogP contribution in [-0.2, 0) is 26.2 Å². The molecule has 0 radical (unpaired) electrons. The van der Waals surface area contributed by atoms with Gasteiger partial charge in [0.25, 0.3) is 10.0 Å². The summed E-state index contributed by atoms with van der Waals surface area (Å²) in [5, 5.41) is 2.88. The maximum atomic E-state index is 14.0. The lowest BCUT2D eigenvalue weighted by atomic mass is 10.1. The molecule has 3 rings (SSSR count). The molecule has 0 aliphatic heterocycles. The summed E-state index contributed by atoms with van der Waals surface area (Å²) in [5.74, 6) is 0.0951. The van der Waals surface area contributed by atoms with Crippen molar-refractivity contribution in [3.63, 3.8) is 0 Å². The fraction of sp³-hybridized carbons (Fsp3) is 0.355. The molecular formula is C31H39N3O6S. The van der Waals surface area contributed by atoms with Crippen molar-refractivity contribution < 1.29 is 27.5 Å². The van der Waals surface area contributed by atoms with Gasteiger partial charge in [-0.3, -0.25) is 13.9 Å². The van der Waals surface area contributed by atoms with Crippen LogP contribution in [0.3, 0.4) is 0 Å². The van der Waals surface area contributed by atoms with E-state index in [4.69, 9.17) is 9.47 Å². The first-order valence-electron chi connectivity index (χ1n) is 13.5. The molecule has 10 heteroatoms. The van der Waals surface area contributed by atoms with Gasteiger partial charge in [0.15, 0.2) is 0 Å². The molecule has 1 atom stereocenters. The second-order valence-corrected chi connectivity index (χ2v) is 11.5. The summed E-state index contributed by atoms with van der Waals surface area (Å²) in [4.78, 5) is 28.6. The number of rotatable bonds is 14. The summed E-state index contributed by atoms with van der Waals surface area (Å²) in [7, 11) is -1.18. The first kappa shape index (κ1) is 31.5. The molecule has 0 aliphatic rings. The van der Waals surface area contributed by atoms with Gasteiger partial charge in [-0.05, 0) is 62.2 Å². The number of methoxy groups -OCH3 is 2. The maximum absolute atomic E-state index is 14.0. The van der Waals surface area contributed by atoms with Crippen LogP contribution in [0.15, 0.2) is 77.7 Å². The zero-order valence-electron chi connectivity index (χ0n) is 24.3. The van der Waals surface area contributed by atoms with Crippen molar-refractivity contribution in [2.75, 3.05) is 31.6 Å². The van der Waals surface area contributed by atoms with Gasteiger partial charge in [-0.25, -0.2) is 8.42 Å². The van der Waals surface area contributed by atoms with Crippen molar-refractivity contribution >= 4 is 27.5 Å². The molecule has 0 saturated carbocycles.